The molecule has 2 aliphatic heterocycles. The van der Waals surface area contributed by atoms with Crippen molar-refractivity contribution in [2.75, 3.05) is 31.1 Å². The van der Waals surface area contributed by atoms with Crippen LogP contribution in [-0.2, 0) is 0 Å². The number of nitrogens with one attached hydrogen (secondary N) is 1. The molecule has 1 fully saturated rings. The van der Waals surface area contributed by atoms with Crippen LogP contribution >= 0.6 is 0 Å². The number of nitrogens with zero attached hydrogens (tertiary/aromatic N) is 1. The van der Waals surface area contributed by atoms with Crippen molar-refractivity contribution in [2.24, 2.45) is 0 Å². The second-order valence-corrected chi connectivity index (χ2v) is 5.71. The minimum atomic E-state index is 0.547. The summed E-state index contributed by atoms with van der Waals surface area (Å²) in [5.41, 5.74) is 3.68. The van der Waals surface area contributed by atoms with E-state index in [4.69, 9.17) is 4.74 Å². The summed E-state index contributed by atoms with van der Waals surface area (Å²) in [6.45, 7) is 3.95. The Hall–Kier alpha value is -2.00. The first kappa shape index (κ1) is 12.7. The van der Waals surface area contributed by atoms with Crippen LogP contribution in [0.4, 0.5) is 5.69 Å². The van der Waals surface area contributed by atoms with Gasteiger partial charge in [0.1, 0.15) is 5.75 Å². The van der Waals surface area contributed by atoms with E-state index >= 15 is 0 Å². The highest BCUT2D eigenvalue weighted by atomic mass is 16.5. The van der Waals surface area contributed by atoms with Gasteiger partial charge in [-0.3, -0.25) is 0 Å². The van der Waals surface area contributed by atoms with E-state index in [1.165, 1.54) is 16.8 Å². The van der Waals surface area contributed by atoms with Gasteiger partial charge in [0.05, 0.1) is 12.3 Å². The maximum atomic E-state index is 6.16. The highest BCUT2D eigenvalue weighted by Crippen LogP contribution is 2.41. The zero-order valence-electron chi connectivity index (χ0n) is 12.1. The molecule has 0 unspecified atom stereocenters. The number of ether oxygens (including phenoxy) is 1. The van der Waals surface area contributed by atoms with Gasteiger partial charge in [0.25, 0.3) is 0 Å². The molecule has 0 saturated carbocycles. The van der Waals surface area contributed by atoms with Crippen molar-refractivity contribution in [1.82, 2.24) is 5.32 Å². The molecule has 21 heavy (non-hydrogen) atoms. The van der Waals surface area contributed by atoms with Gasteiger partial charge in [-0.15, -0.1) is 0 Å². The molecule has 108 valence electrons. The van der Waals surface area contributed by atoms with Crippen LogP contribution < -0.4 is 15.0 Å². The van der Waals surface area contributed by atoms with E-state index in [0.29, 0.717) is 6.04 Å². The molecule has 3 heteroatoms. The SMILES string of the molecule is c1ccc(-c2cccc3c2OCC[C@H]2CNCCN32)cc1. The van der Waals surface area contributed by atoms with Crippen molar-refractivity contribution >= 4 is 5.69 Å². The van der Waals surface area contributed by atoms with E-state index in [0.717, 1.165) is 38.4 Å². The van der Waals surface area contributed by atoms with Gasteiger partial charge in [-0.2, -0.15) is 0 Å². The van der Waals surface area contributed by atoms with Crippen molar-refractivity contribution in [3.63, 3.8) is 0 Å². The molecule has 0 radical (unpaired) electrons. The molecule has 2 aromatic rings. The summed E-state index contributed by atoms with van der Waals surface area (Å²) < 4.78 is 6.16. The summed E-state index contributed by atoms with van der Waals surface area (Å²) in [7, 11) is 0. The number of rotatable bonds is 1. The predicted octanol–water partition coefficient (Wildman–Crippen LogP) is 2.91. The molecular formula is C18H20N2O. The number of hydrogen-bond acceptors (Lipinski definition) is 3. The standard InChI is InChI=1S/C18H20N2O/c1-2-5-14(6-3-1)16-7-4-8-17-18(16)21-12-9-15-13-19-10-11-20(15)17/h1-8,15,19H,9-13H2/t15-/m0/s1. The Kier molecular flexibility index (Phi) is 3.28. The Morgan fingerprint density at radius 1 is 1.05 bits per heavy atom. The van der Waals surface area contributed by atoms with Crippen molar-refractivity contribution < 1.29 is 4.74 Å². The molecule has 1 atom stereocenters. The van der Waals surface area contributed by atoms with Crippen LogP contribution in [-0.4, -0.2) is 32.3 Å². The van der Waals surface area contributed by atoms with Crippen molar-refractivity contribution in [1.29, 1.82) is 0 Å². The third-order valence-electron chi connectivity index (χ3n) is 4.44. The Morgan fingerprint density at radius 3 is 2.86 bits per heavy atom. The molecule has 0 aromatic heterocycles. The first-order chi connectivity index (χ1) is 10.4. The van der Waals surface area contributed by atoms with E-state index in [1.54, 1.807) is 0 Å². The number of para-hydroxylation sites is 1. The minimum absolute atomic E-state index is 0.547. The third kappa shape index (κ3) is 2.28. The van der Waals surface area contributed by atoms with E-state index in [9.17, 15) is 0 Å². The van der Waals surface area contributed by atoms with Gasteiger partial charge in [-0.1, -0.05) is 42.5 Å². The van der Waals surface area contributed by atoms with Crippen LogP contribution in [0, 0.1) is 0 Å². The number of benzene rings is 2. The molecule has 2 aliphatic rings. The number of anilines is 1. The van der Waals surface area contributed by atoms with Crippen LogP contribution in [0.25, 0.3) is 11.1 Å². The van der Waals surface area contributed by atoms with Gasteiger partial charge in [0.2, 0.25) is 0 Å². The summed E-state index contributed by atoms with van der Waals surface area (Å²) in [5, 5.41) is 3.49. The van der Waals surface area contributed by atoms with Gasteiger partial charge < -0.3 is 15.0 Å². The molecule has 3 nitrogen and oxygen atoms in total. The predicted molar refractivity (Wildman–Crippen MR) is 86.0 cm³/mol. The average Bonchev–Trinajstić information content (AvgIpc) is 2.75. The Bertz CT molecular complexity index is 626. The third-order valence-corrected chi connectivity index (χ3v) is 4.44. The number of fused-ring (bicyclic) bond motifs is 3. The second kappa shape index (κ2) is 5.41. The monoisotopic (exact) mass is 280 g/mol. The van der Waals surface area contributed by atoms with Crippen LogP contribution in [0.3, 0.4) is 0 Å². The lowest BCUT2D eigenvalue weighted by atomic mass is 10.0. The lowest BCUT2D eigenvalue weighted by Gasteiger charge is -2.36. The van der Waals surface area contributed by atoms with Gasteiger partial charge in [-0.25, -0.2) is 0 Å². The summed E-state index contributed by atoms with van der Waals surface area (Å²) in [4.78, 5) is 2.52. The number of piperazine rings is 1. The van der Waals surface area contributed by atoms with Gasteiger partial charge in [0, 0.05) is 37.7 Å². The van der Waals surface area contributed by atoms with Crippen LogP contribution in [0.1, 0.15) is 6.42 Å². The normalized spacial score (nSPS) is 21.0. The summed E-state index contributed by atoms with van der Waals surface area (Å²) in [6.07, 6.45) is 1.08. The Balaban J connectivity index is 1.82. The van der Waals surface area contributed by atoms with Crippen molar-refractivity contribution in [3.8, 4) is 16.9 Å². The van der Waals surface area contributed by atoms with E-state index in [-0.39, 0.29) is 0 Å². The highest BCUT2D eigenvalue weighted by Gasteiger charge is 2.28. The smallest absolute Gasteiger partial charge is 0.150 e. The molecule has 0 aliphatic carbocycles. The zero-order valence-corrected chi connectivity index (χ0v) is 12.1. The largest absolute Gasteiger partial charge is 0.491 e. The molecule has 2 aromatic carbocycles. The van der Waals surface area contributed by atoms with Crippen molar-refractivity contribution in [2.45, 2.75) is 12.5 Å². The zero-order chi connectivity index (χ0) is 14.1. The molecule has 0 spiro atoms. The van der Waals surface area contributed by atoms with Gasteiger partial charge in [-0.05, 0) is 11.6 Å². The molecule has 1 saturated heterocycles. The lowest BCUT2D eigenvalue weighted by molar-refractivity contribution is 0.305. The first-order valence-corrected chi connectivity index (χ1v) is 7.72. The molecule has 2 heterocycles. The van der Waals surface area contributed by atoms with Gasteiger partial charge in [0.15, 0.2) is 0 Å². The van der Waals surface area contributed by atoms with E-state index < -0.39 is 0 Å². The van der Waals surface area contributed by atoms with E-state index in [2.05, 4.69) is 58.7 Å². The molecule has 0 amide bonds. The van der Waals surface area contributed by atoms with Crippen LogP contribution in [0.5, 0.6) is 5.75 Å². The highest BCUT2D eigenvalue weighted by molar-refractivity contribution is 5.79. The lowest BCUT2D eigenvalue weighted by Crippen LogP contribution is -2.51. The molecule has 1 N–H and O–H groups in total. The molecule has 4 rings (SSSR count). The maximum absolute atomic E-state index is 6.16. The molecular weight excluding hydrogens is 260 g/mol. The first-order valence-electron chi connectivity index (χ1n) is 7.72. The Morgan fingerprint density at radius 2 is 1.95 bits per heavy atom. The topological polar surface area (TPSA) is 24.5 Å². The fourth-order valence-corrected chi connectivity index (χ4v) is 3.38. The summed E-state index contributed by atoms with van der Waals surface area (Å²) in [6, 6.07) is 17.6. The maximum Gasteiger partial charge on any atom is 0.150 e. The minimum Gasteiger partial charge on any atom is -0.491 e. The average molecular weight is 280 g/mol. The summed E-state index contributed by atoms with van der Waals surface area (Å²) in [5.74, 6) is 1.05. The second-order valence-electron chi connectivity index (χ2n) is 5.71. The quantitative estimate of drug-likeness (QED) is 0.869. The van der Waals surface area contributed by atoms with Crippen LogP contribution in [0.15, 0.2) is 48.5 Å². The van der Waals surface area contributed by atoms with Crippen LogP contribution in [0.2, 0.25) is 0 Å². The summed E-state index contributed by atoms with van der Waals surface area (Å²) >= 11 is 0. The van der Waals surface area contributed by atoms with Crippen molar-refractivity contribution in [3.05, 3.63) is 48.5 Å². The fourth-order valence-electron chi connectivity index (χ4n) is 3.38. The number of hydrogen-bond donors (Lipinski definition) is 1. The molecule has 0 bridgehead atoms. The Labute approximate surface area is 125 Å². The fraction of sp³-hybridized carbons (Fsp3) is 0.333. The van der Waals surface area contributed by atoms with Gasteiger partial charge >= 0.3 is 0 Å². The van der Waals surface area contributed by atoms with E-state index in [1.807, 2.05) is 0 Å².